The number of anilines is 1. The van der Waals surface area contributed by atoms with Gasteiger partial charge in [-0.1, -0.05) is 18.2 Å². The third-order valence-electron chi connectivity index (χ3n) is 3.48. The Hall–Kier alpha value is -3.35. The summed E-state index contributed by atoms with van der Waals surface area (Å²) in [5.41, 5.74) is 1.15. The molecule has 1 saturated heterocycles. The lowest BCUT2D eigenvalue weighted by molar-refractivity contribution is -0.222. The normalized spacial score (nSPS) is 15.7. The largest absolute Gasteiger partial charge is 0.485 e. The summed E-state index contributed by atoms with van der Waals surface area (Å²) in [6, 6.07) is 12.7. The summed E-state index contributed by atoms with van der Waals surface area (Å²) in [5.74, 6) is -2.21. The first-order valence-electron chi connectivity index (χ1n) is 8.00. The highest BCUT2D eigenvalue weighted by molar-refractivity contribution is 6.15. The monoisotopic (exact) mass is 354 g/mol. The van der Waals surface area contributed by atoms with Crippen LogP contribution >= 0.6 is 0 Å². The van der Waals surface area contributed by atoms with Crippen molar-refractivity contribution in [3.8, 4) is 5.75 Å². The van der Waals surface area contributed by atoms with Gasteiger partial charge in [0.05, 0.1) is 11.4 Å². The number of benzene rings is 1. The number of pyridine rings is 1. The van der Waals surface area contributed by atoms with E-state index in [1.807, 2.05) is 24.3 Å². The minimum atomic E-state index is -1.27. The number of aromatic nitrogens is 1. The predicted molar refractivity (Wildman–Crippen MR) is 93.0 cm³/mol. The van der Waals surface area contributed by atoms with Crippen LogP contribution in [0.4, 0.5) is 5.69 Å². The lowest BCUT2D eigenvalue weighted by Crippen LogP contribution is -2.42. The van der Waals surface area contributed by atoms with Crippen molar-refractivity contribution in [1.82, 2.24) is 4.98 Å². The van der Waals surface area contributed by atoms with Gasteiger partial charge in [-0.05, 0) is 24.3 Å². The van der Waals surface area contributed by atoms with Gasteiger partial charge in [0.2, 0.25) is 0 Å². The first-order valence-corrected chi connectivity index (χ1v) is 8.00. The molecule has 7 nitrogen and oxygen atoms in total. The third-order valence-corrected chi connectivity index (χ3v) is 3.48. The fourth-order valence-electron chi connectivity index (χ4n) is 2.28. The van der Waals surface area contributed by atoms with Gasteiger partial charge < -0.3 is 19.5 Å². The van der Waals surface area contributed by atoms with Crippen molar-refractivity contribution in [2.24, 2.45) is 0 Å². The average molecular weight is 354 g/mol. The summed E-state index contributed by atoms with van der Waals surface area (Å²) in [5, 5.41) is 2.90. The Bertz CT molecular complexity index is 824. The van der Waals surface area contributed by atoms with E-state index in [0.29, 0.717) is 11.4 Å². The van der Waals surface area contributed by atoms with Crippen LogP contribution in [0.15, 0.2) is 60.4 Å². The Morgan fingerprint density at radius 1 is 1.08 bits per heavy atom. The number of para-hydroxylation sites is 2. The fraction of sp³-hybridized carbons (Fsp3) is 0.211. The molecular formula is C19H18N2O5. The fourth-order valence-corrected chi connectivity index (χ4v) is 2.28. The summed E-state index contributed by atoms with van der Waals surface area (Å²) in [6.45, 7) is 3.27. The molecule has 1 aromatic heterocycles. The van der Waals surface area contributed by atoms with Gasteiger partial charge in [-0.3, -0.25) is 4.98 Å². The third kappa shape index (κ3) is 4.18. The van der Waals surface area contributed by atoms with Crippen molar-refractivity contribution >= 4 is 17.6 Å². The van der Waals surface area contributed by atoms with E-state index in [9.17, 15) is 9.59 Å². The van der Waals surface area contributed by atoms with E-state index in [2.05, 4.69) is 10.3 Å². The van der Waals surface area contributed by atoms with Crippen molar-refractivity contribution in [3.05, 3.63) is 66.1 Å². The molecule has 0 amide bonds. The van der Waals surface area contributed by atoms with Crippen LogP contribution in [0, 0.1) is 0 Å². The molecule has 134 valence electrons. The molecule has 0 aliphatic carbocycles. The first kappa shape index (κ1) is 17.5. The van der Waals surface area contributed by atoms with Gasteiger partial charge in [-0.25, -0.2) is 9.59 Å². The Kier molecular flexibility index (Phi) is 4.88. The summed E-state index contributed by atoms with van der Waals surface area (Å²) >= 11 is 0. The van der Waals surface area contributed by atoms with Crippen molar-refractivity contribution < 1.29 is 23.8 Å². The van der Waals surface area contributed by atoms with Crippen molar-refractivity contribution in [1.29, 1.82) is 0 Å². The van der Waals surface area contributed by atoms with E-state index in [0.717, 1.165) is 5.69 Å². The van der Waals surface area contributed by atoms with Crippen LogP contribution in [0.1, 0.15) is 19.5 Å². The standard InChI is InChI=1S/C19H18N2O5/c1-19(2)25-17(22)14(18(23)26-19)11-21-15-8-3-4-9-16(15)24-12-13-7-5-6-10-20-13/h3-11,21H,12H2,1-2H3. The Morgan fingerprint density at radius 2 is 1.77 bits per heavy atom. The van der Waals surface area contributed by atoms with E-state index < -0.39 is 17.7 Å². The maximum atomic E-state index is 12.0. The van der Waals surface area contributed by atoms with Gasteiger partial charge in [-0.2, -0.15) is 0 Å². The van der Waals surface area contributed by atoms with Gasteiger partial charge >= 0.3 is 11.9 Å². The summed E-state index contributed by atoms with van der Waals surface area (Å²) < 4.78 is 15.9. The minimum absolute atomic E-state index is 0.219. The second-order valence-electron chi connectivity index (χ2n) is 5.99. The molecule has 3 rings (SSSR count). The van der Waals surface area contributed by atoms with Crippen LogP contribution in [0.25, 0.3) is 0 Å². The zero-order valence-electron chi connectivity index (χ0n) is 14.4. The number of carbonyl (C=O) groups is 2. The number of rotatable bonds is 5. The highest BCUT2D eigenvalue weighted by Gasteiger charge is 2.38. The van der Waals surface area contributed by atoms with Crippen molar-refractivity contribution in [3.63, 3.8) is 0 Å². The molecule has 1 aliphatic heterocycles. The maximum absolute atomic E-state index is 12.0. The number of carbonyl (C=O) groups excluding carboxylic acids is 2. The van der Waals surface area contributed by atoms with Gasteiger partial charge in [-0.15, -0.1) is 0 Å². The molecule has 0 bridgehead atoms. The molecule has 0 atom stereocenters. The molecule has 0 spiro atoms. The number of ether oxygens (including phenoxy) is 3. The van der Waals surface area contributed by atoms with Gasteiger partial charge in [0, 0.05) is 26.2 Å². The zero-order valence-corrected chi connectivity index (χ0v) is 14.4. The number of hydrogen-bond acceptors (Lipinski definition) is 7. The predicted octanol–water partition coefficient (Wildman–Crippen LogP) is 2.79. The number of hydrogen-bond donors (Lipinski definition) is 1. The molecule has 1 aliphatic rings. The molecule has 0 radical (unpaired) electrons. The molecule has 1 aromatic carbocycles. The van der Waals surface area contributed by atoms with Crippen LogP contribution in [0.2, 0.25) is 0 Å². The van der Waals surface area contributed by atoms with Gasteiger partial charge in [0.15, 0.2) is 5.57 Å². The van der Waals surface area contributed by atoms with Crippen LogP contribution in [0.5, 0.6) is 5.75 Å². The average Bonchev–Trinajstić information content (AvgIpc) is 2.60. The quantitative estimate of drug-likeness (QED) is 0.502. The molecule has 26 heavy (non-hydrogen) atoms. The molecule has 7 heteroatoms. The maximum Gasteiger partial charge on any atom is 0.350 e. The molecule has 0 saturated carbocycles. The molecular weight excluding hydrogens is 336 g/mol. The summed E-state index contributed by atoms with van der Waals surface area (Å²) in [4.78, 5) is 28.1. The Morgan fingerprint density at radius 3 is 2.46 bits per heavy atom. The van der Waals surface area contributed by atoms with Crippen LogP contribution in [-0.2, 0) is 25.7 Å². The van der Waals surface area contributed by atoms with Crippen molar-refractivity contribution in [2.75, 3.05) is 5.32 Å². The second kappa shape index (κ2) is 7.26. The van der Waals surface area contributed by atoms with E-state index in [-0.39, 0.29) is 12.2 Å². The number of nitrogens with one attached hydrogen (secondary N) is 1. The zero-order chi connectivity index (χ0) is 18.6. The lowest BCUT2D eigenvalue weighted by Gasteiger charge is -2.29. The van der Waals surface area contributed by atoms with Crippen LogP contribution < -0.4 is 10.1 Å². The summed E-state index contributed by atoms with van der Waals surface area (Å²) in [7, 11) is 0. The number of cyclic esters (lactones) is 2. The summed E-state index contributed by atoms with van der Waals surface area (Å²) in [6.07, 6.45) is 2.94. The highest BCUT2D eigenvalue weighted by Crippen LogP contribution is 2.26. The molecule has 2 aromatic rings. The Balaban J connectivity index is 1.72. The molecule has 2 heterocycles. The van der Waals surface area contributed by atoms with E-state index in [1.54, 1.807) is 24.4 Å². The first-order chi connectivity index (χ1) is 12.4. The van der Waals surface area contributed by atoms with Crippen LogP contribution in [-0.4, -0.2) is 22.7 Å². The van der Waals surface area contributed by atoms with E-state index >= 15 is 0 Å². The van der Waals surface area contributed by atoms with Gasteiger partial charge in [0.1, 0.15) is 12.4 Å². The Labute approximate surface area is 150 Å². The number of nitrogens with zero attached hydrogens (tertiary/aromatic N) is 1. The molecule has 0 unspecified atom stereocenters. The van der Waals surface area contributed by atoms with Crippen molar-refractivity contribution in [2.45, 2.75) is 26.2 Å². The minimum Gasteiger partial charge on any atom is -0.485 e. The van der Waals surface area contributed by atoms with Crippen LogP contribution in [0.3, 0.4) is 0 Å². The second-order valence-corrected chi connectivity index (χ2v) is 5.99. The molecule has 1 fully saturated rings. The SMILES string of the molecule is CC1(C)OC(=O)C(=CNc2ccccc2OCc2ccccn2)C(=O)O1. The van der Waals surface area contributed by atoms with E-state index in [4.69, 9.17) is 14.2 Å². The van der Waals surface area contributed by atoms with E-state index in [1.165, 1.54) is 20.0 Å². The van der Waals surface area contributed by atoms with Gasteiger partial charge in [0.25, 0.3) is 5.79 Å². The molecule has 1 N–H and O–H groups in total. The smallest absolute Gasteiger partial charge is 0.350 e. The highest BCUT2D eigenvalue weighted by atomic mass is 16.7. The topological polar surface area (TPSA) is 86.8 Å². The lowest BCUT2D eigenvalue weighted by atomic mass is 10.2. The number of esters is 2.